The van der Waals surface area contributed by atoms with Crippen molar-refractivity contribution in [1.82, 2.24) is 10.3 Å². The highest BCUT2D eigenvalue weighted by molar-refractivity contribution is 6.31. The van der Waals surface area contributed by atoms with Crippen molar-refractivity contribution in [2.24, 2.45) is 0 Å². The molecule has 0 bridgehead atoms. The summed E-state index contributed by atoms with van der Waals surface area (Å²) in [6, 6.07) is 2.05. The largest absolute Gasteiger partial charge is 0.311 e. The van der Waals surface area contributed by atoms with Crippen molar-refractivity contribution in [3.63, 3.8) is 0 Å². The summed E-state index contributed by atoms with van der Waals surface area (Å²) in [7, 11) is 0. The van der Waals surface area contributed by atoms with Gasteiger partial charge < -0.3 is 5.32 Å². The molecule has 0 aromatic carbocycles. The molecule has 1 aromatic heterocycles. The van der Waals surface area contributed by atoms with Gasteiger partial charge in [-0.25, -0.2) is 0 Å². The van der Waals surface area contributed by atoms with Gasteiger partial charge in [0, 0.05) is 17.9 Å². The first-order chi connectivity index (χ1) is 8.26. The Hall–Kier alpha value is -0.600. The Labute approximate surface area is 109 Å². The summed E-state index contributed by atoms with van der Waals surface area (Å²) in [5.74, 6) is 0. The molecule has 1 unspecified atom stereocenters. The van der Waals surface area contributed by atoms with Crippen molar-refractivity contribution in [1.29, 1.82) is 0 Å². The Balaban J connectivity index is 2.15. The Morgan fingerprint density at radius 1 is 1.41 bits per heavy atom. The average Bonchev–Trinajstić information content (AvgIpc) is 2.58. The topological polar surface area (TPSA) is 24.9 Å². The lowest BCUT2D eigenvalue weighted by Gasteiger charge is -2.33. The summed E-state index contributed by atoms with van der Waals surface area (Å²) in [5, 5.41) is 4.54. The van der Waals surface area contributed by atoms with E-state index in [4.69, 9.17) is 11.6 Å². The second-order valence-corrected chi connectivity index (χ2v) is 5.42. The van der Waals surface area contributed by atoms with Crippen LogP contribution in [0.25, 0.3) is 0 Å². The molecule has 94 valence electrons. The third-order valence-corrected chi connectivity index (χ3v) is 4.23. The zero-order valence-electron chi connectivity index (χ0n) is 10.5. The molecule has 1 saturated heterocycles. The van der Waals surface area contributed by atoms with Gasteiger partial charge in [-0.15, -0.1) is 0 Å². The van der Waals surface area contributed by atoms with Crippen molar-refractivity contribution in [3.05, 3.63) is 29.0 Å². The molecule has 2 heterocycles. The normalized spacial score (nSPS) is 25.5. The van der Waals surface area contributed by atoms with Crippen molar-refractivity contribution < 1.29 is 0 Å². The van der Waals surface area contributed by atoms with E-state index < -0.39 is 0 Å². The SMILES string of the molecule is CCC1(Cc2ccncc2Cl)CCCCCN1. The number of nitrogens with one attached hydrogen (secondary N) is 1. The molecule has 1 N–H and O–H groups in total. The van der Waals surface area contributed by atoms with Gasteiger partial charge in [-0.2, -0.15) is 0 Å². The van der Waals surface area contributed by atoms with E-state index >= 15 is 0 Å². The van der Waals surface area contributed by atoms with E-state index in [0.29, 0.717) is 0 Å². The summed E-state index contributed by atoms with van der Waals surface area (Å²) in [6.07, 6.45) is 11.0. The van der Waals surface area contributed by atoms with Crippen LogP contribution in [0.2, 0.25) is 5.02 Å². The number of hydrogen-bond donors (Lipinski definition) is 1. The summed E-state index contributed by atoms with van der Waals surface area (Å²) >= 11 is 6.21. The monoisotopic (exact) mass is 252 g/mol. The number of rotatable bonds is 3. The lowest BCUT2D eigenvalue weighted by molar-refractivity contribution is 0.302. The predicted octanol–water partition coefficient (Wildman–Crippen LogP) is 3.59. The number of halogens is 1. The second kappa shape index (κ2) is 5.83. The van der Waals surface area contributed by atoms with E-state index in [-0.39, 0.29) is 5.54 Å². The summed E-state index contributed by atoms with van der Waals surface area (Å²) in [6.45, 7) is 3.41. The van der Waals surface area contributed by atoms with Crippen LogP contribution in [0.1, 0.15) is 44.6 Å². The lowest BCUT2D eigenvalue weighted by atomic mass is 9.84. The fourth-order valence-electron chi connectivity index (χ4n) is 2.70. The minimum Gasteiger partial charge on any atom is -0.311 e. The molecule has 2 nitrogen and oxygen atoms in total. The smallest absolute Gasteiger partial charge is 0.0621 e. The molecule has 2 rings (SSSR count). The van der Waals surface area contributed by atoms with Gasteiger partial charge in [-0.05, 0) is 43.9 Å². The van der Waals surface area contributed by atoms with Gasteiger partial charge in [-0.3, -0.25) is 4.98 Å². The molecular formula is C14H21ClN2. The van der Waals surface area contributed by atoms with Crippen LogP contribution in [0.3, 0.4) is 0 Å². The highest BCUT2D eigenvalue weighted by Crippen LogP contribution is 2.28. The Kier molecular flexibility index (Phi) is 4.41. The van der Waals surface area contributed by atoms with Crippen LogP contribution < -0.4 is 5.32 Å². The van der Waals surface area contributed by atoms with Crippen molar-refractivity contribution in [2.75, 3.05) is 6.54 Å². The fourth-order valence-corrected chi connectivity index (χ4v) is 2.88. The molecule has 0 spiro atoms. The molecule has 17 heavy (non-hydrogen) atoms. The Morgan fingerprint density at radius 3 is 3.06 bits per heavy atom. The molecule has 1 atom stereocenters. The number of pyridine rings is 1. The van der Waals surface area contributed by atoms with Gasteiger partial charge >= 0.3 is 0 Å². The third-order valence-electron chi connectivity index (χ3n) is 3.89. The van der Waals surface area contributed by atoms with Gasteiger partial charge in [0.25, 0.3) is 0 Å². The molecule has 0 amide bonds. The maximum absolute atomic E-state index is 6.21. The van der Waals surface area contributed by atoms with Gasteiger partial charge in [0.05, 0.1) is 5.02 Å². The fraction of sp³-hybridized carbons (Fsp3) is 0.643. The second-order valence-electron chi connectivity index (χ2n) is 5.02. The maximum atomic E-state index is 6.21. The molecule has 0 aliphatic carbocycles. The zero-order valence-corrected chi connectivity index (χ0v) is 11.3. The molecule has 1 aromatic rings. The number of aromatic nitrogens is 1. The standard InChI is InChI=1S/C14H21ClN2/c1-2-14(7-4-3-5-8-17-14)10-12-6-9-16-11-13(12)15/h6,9,11,17H,2-5,7-8,10H2,1H3. The molecule has 1 fully saturated rings. The lowest BCUT2D eigenvalue weighted by Crippen LogP contribution is -2.46. The van der Waals surface area contributed by atoms with E-state index in [1.807, 2.05) is 12.3 Å². The first-order valence-electron chi connectivity index (χ1n) is 6.59. The van der Waals surface area contributed by atoms with Crippen molar-refractivity contribution >= 4 is 11.6 Å². The van der Waals surface area contributed by atoms with Crippen LogP contribution in [-0.4, -0.2) is 17.1 Å². The van der Waals surface area contributed by atoms with Crippen molar-refractivity contribution in [3.8, 4) is 0 Å². The molecule has 3 heteroatoms. The van der Waals surface area contributed by atoms with Gasteiger partial charge in [0.1, 0.15) is 0 Å². The van der Waals surface area contributed by atoms with E-state index in [1.165, 1.54) is 31.2 Å². The highest BCUT2D eigenvalue weighted by atomic mass is 35.5. The van der Waals surface area contributed by atoms with E-state index in [1.54, 1.807) is 6.20 Å². The van der Waals surface area contributed by atoms with Crippen molar-refractivity contribution in [2.45, 2.75) is 51.0 Å². The molecule has 0 radical (unpaired) electrons. The van der Waals surface area contributed by atoms with Crippen LogP contribution in [0.15, 0.2) is 18.5 Å². The summed E-state index contributed by atoms with van der Waals surface area (Å²) < 4.78 is 0. The van der Waals surface area contributed by atoms with Gasteiger partial charge in [0.15, 0.2) is 0 Å². The molecule has 1 aliphatic rings. The van der Waals surface area contributed by atoms with Gasteiger partial charge in [0.2, 0.25) is 0 Å². The number of hydrogen-bond acceptors (Lipinski definition) is 2. The van der Waals surface area contributed by atoms with E-state index in [2.05, 4.69) is 17.2 Å². The minimum absolute atomic E-state index is 0.238. The quantitative estimate of drug-likeness (QED) is 0.889. The third kappa shape index (κ3) is 3.20. The Morgan fingerprint density at radius 2 is 2.29 bits per heavy atom. The van der Waals surface area contributed by atoms with Crippen LogP contribution in [0, 0.1) is 0 Å². The van der Waals surface area contributed by atoms with E-state index in [9.17, 15) is 0 Å². The number of nitrogens with zero attached hydrogens (tertiary/aromatic N) is 1. The average molecular weight is 253 g/mol. The first-order valence-corrected chi connectivity index (χ1v) is 6.97. The van der Waals surface area contributed by atoms with E-state index in [0.717, 1.165) is 24.4 Å². The summed E-state index contributed by atoms with van der Waals surface area (Å²) in [5.41, 5.74) is 1.46. The molecule has 0 saturated carbocycles. The predicted molar refractivity (Wildman–Crippen MR) is 72.4 cm³/mol. The van der Waals surface area contributed by atoms with Crippen LogP contribution in [0.4, 0.5) is 0 Å². The molecule has 1 aliphatic heterocycles. The minimum atomic E-state index is 0.238. The van der Waals surface area contributed by atoms with Crippen LogP contribution in [-0.2, 0) is 6.42 Å². The zero-order chi connectivity index (χ0) is 12.1. The maximum Gasteiger partial charge on any atom is 0.0621 e. The van der Waals surface area contributed by atoms with Crippen LogP contribution >= 0.6 is 11.6 Å². The van der Waals surface area contributed by atoms with Crippen LogP contribution in [0.5, 0.6) is 0 Å². The highest BCUT2D eigenvalue weighted by Gasteiger charge is 2.29. The Bertz CT molecular complexity index is 357. The first kappa shape index (κ1) is 12.8. The molecular weight excluding hydrogens is 232 g/mol. The summed E-state index contributed by atoms with van der Waals surface area (Å²) in [4.78, 5) is 4.05. The van der Waals surface area contributed by atoms with Gasteiger partial charge in [-0.1, -0.05) is 31.4 Å².